The van der Waals surface area contributed by atoms with Crippen LogP contribution in [0.1, 0.15) is 27.9 Å². The number of rotatable bonds is 1. The smallest absolute Gasteiger partial charge is 0.417 e. The van der Waals surface area contributed by atoms with Gasteiger partial charge in [-0.25, -0.2) is 5.41 Å². The first-order valence-electron chi connectivity index (χ1n) is 8.21. The number of anilines is 1. The summed E-state index contributed by atoms with van der Waals surface area (Å²) in [6.07, 6.45) is -3.10. The zero-order valence-electron chi connectivity index (χ0n) is 15.1. The molecule has 0 saturated carbocycles. The first-order valence-corrected chi connectivity index (χ1v) is 8.21. The molecule has 1 aliphatic rings. The zero-order chi connectivity index (χ0) is 19.9. The van der Waals surface area contributed by atoms with Crippen LogP contribution in [-0.4, -0.2) is 34.4 Å². The number of pyridine rings is 1. The maximum atomic E-state index is 13.0. The molecule has 0 amide bonds. The van der Waals surface area contributed by atoms with Gasteiger partial charge in [0.15, 0.2) is 11.3 Å². The Morgan fingerprint density at radius 2 is 1.96 bits per heavy atom. The molecular weight excluding hydrogens is 361 g/mol. The van der Waals surface area contributed by atoms with Gasteiger partial charge in [0.25, 0.3) is 0 Å². The topological polar surface area (TPSA) is 90.9 Å². The Labute approximate surface area is 153 Å². The first-order chi connectivity index (χ1) is 12.6. The molecule has 0 aliphatic carbocycles. The molecule has 0 unspecified atom stereocenters. The van der Waals surface area contributed by atoms with E-state index in [1.165, 1.54) is 7.11 Å². The maximum absolute atomic E-state index is 13.0. The summed E-state index contributed by atoms with van der Waals surface area (Å²) in [5.74, 6) is 0.508. The number of ether oxygens (including phenoxy) is 1. The van der Waals surface area contributed by atoms with Crippen molar-refractivity contribution in [3.05, 3.63) is 45.7 Å². The molecule has 0 aromatic carbocycles. The van der Waals surface area contributed by atoms with Gasteiger partial charge in [-0.3, -0.25) is 10.4 Å². The molecule has 0 spiro atoms. The van der Waals surface area contributed by atoms with E-state index in [4.69, 9.17) is 15.6 Å². The van der Waals surface area contributed by atoms with Crippen molar-refractivity contribution in [1.29, 1.82) is 10.8 Å². The number of nitrogens with one attached hydrogen (secondary N) is 2. The summed E-state index contributed by atoms with van der Waals surface area (Å²) >= 11 is 0. The van der Waals surface area contributed by atoms with Gasteiger partial charge in [-0.1, -0.05) is 0 Å². The van der Waals surface area contributed by atoms with Gasteiger partial charge in [-0.2, -0.15) is 17.9 Å². The lowest BCUT2D eigenvalue weighted by Crippen LogP contribution is -2.38. The molecule has 0 radical (unpaired) electrons. The fraction of sp³-hybridized carbons (Fsp3) is 0.412. The third-order valence-electron chi connectivity index (χ3n) is 4.71. The van der Waals surface area contributed by atoms with E-state index in [0.717, 1.165) is 22.5 Å². The van der Waals surface area contributed by atoms with Crippen LogP contribution in [0.5, 0.6) is 0 Å². The Morgan fingerprint density at radius 3 is 2.59 bits per heavy atom. The molecule has 0 fully saturated rings. The molecule has 27 heavy (non-hydrogen) atoms. The van der Waals surface area contributed by atoms with Crippen molar-refractivity contribution in [3.8, 4) is 0 Å². The normalized spacial score (nSPS) is 14.1. The van der Waals surface area contributed by atoms with Crippen molar-refractivity contribution in [1.82, 2.24) is 14.8 Å². The second-order valence-corrected chi connectivity index (χ2v) is 6.34. The molecular formula is C17H19F3N6O. The quantitative estimate of drug-likeness (QED) is 0.587. The summed E-state index contributed by atoms with van der Waals surface area (Å²) in [6, 6.07) is 0.823. The minimum atomic E-state index is -4.45. The van der Waals surface area contributed by atoms with Crippen LogP contribution in [0.3, 0.4) is 0 Å². The Kier molecular flexibility index (Phi) is 4.66. The number of methoxy groups -OCH3 is 1. The van der Waals surface area contributed by atoms with E-state index >= 15 is 0 Å². The Morgan fingerprint density at radius 1 is 1.26 bits per heavy atom. The van der Waals surface area contributed by atoms with E-state index in [1.807, 2.05) is 4.90 Å². The molecule has 1 aliphatic heterocycles. The minimum Gasteiger partial charge on any atom is -0.467 e. The lowest BCUT2D eigenvalue weighted by atomic mass is 10.0. The zero-order valence-corrected chi connectivity index (χ0v) is 15.1. The summed E-state index contributed by atoms with van der Waals surface area (Å²) in [6.45, 7) is 4.29. The molecule has 3 heterocycles. The van der Waals surface area contributed by atoms with Gasteiger partial charge in [0.2, 0.25) is 0 Å². The summed E-state index contributed by atoms with van der Waals surface area (Å²) in [4.78, 5) is 5.81. The number of hydrogen-bond donors (Lipinski definition) is 2. The van der Waals surface area contributed by atoms with Gasteiger partial charge in [0, 0.05) is 37.0 Å². The number of hydrogen-bond acceptors (Lipinski definition) is 6. The van der Waals surface area contributed by atoms with Gasteiger partial charge in [0.05, 0.1) is 12.7 Å². The Bertz CT molecular complexity index is 966. The summed E-state index contributed by atoms with van der Waals surface area (Å²) in [5.41, 5.74) is 1.75. The van der Waals surface area contributed by atoms with Crippen LogP contribution in [0.2, 0.25) is 0 Å². The number of halogens is 3. The van der Waals surface area contributed by atoms with Crippen molar-refractivity contribution in [2.45, 2.75) is 33.0 Å². The average Bonchev–Trinajstić information content (AvgIpc) is 2.64. The van der Waals surface area contributed by atoms with Gasteiger partial charge >= 0.3 is 12.2 Å². The first kappa shape index (κ1) is 18.9. The van der Waals surface area contributed by atoms with E-state index in [2.05, 4.69) is 10.1 Å². The highest BCUT2D eigenvalue weighted by Gasteiger charge is 2.33. The van der Waals surface area contributed by atoms with Crippen molar-refractivity contribution in [2.24, 2.45) is 0 Å². The van der Waals surface area contributed by atoms with Crippen LogP contribution >= 0.6 is 0 Å². The molecule has 2 aromatic heterocycles. The molecule has 7 nitrogen and oxygen atoms in total. The molecule has 2 aromatic rings. The summed E-state index contributed by atoms with van der Waals surface area (Å²) in [5, 5.41) is 20.3. The molecule has 0 saturated heterocycles. The van der Waals surface area contributed by atoms with Crippen LogP contribution in [0.15, 0.2) is 12.3 Å². The lowest BCUT2D eigenvalue weighted by Gasteiger charge is -2.31. The van der Waals surface area contributed by atoms with E-state index in [0.29, 0.717) is 35.6 Å². The summed E-state index contributed by atoms with van der Waals surface area (Å²) in [7, 11) is 1.31. The monoisotopic (exact) mass is 380 g/mol. The van der Waals surface area contributed by atoms with Crippen LogP contribution in [-0.2, 0) is 23.9 Å². The number of fused-ring (bicyclic) bond motifs is 1. The number of nitrogens with zero attached hydrogens (tertiary/aromatic N) is 4. The second kappa shape index (κ2) is 6.67. The molecule has 10 heteroatoms. The molecule has 0 atom stereocenters. The average molecular weight is 380 g/mol. The fourth-order valence-corrected chi connectivity index (χ4v) is 3.02. The van der Waals surface area contributed by atoms with E-state index in [1.54, 1.807) is 13.8 Å². The standard InChI is InChI=1S/C17H19F3N6O/c1-9-10(2)15(24-26(14(9)21)16(22)27-3)25-5-4-13-11(8-25)6-12(7-23-13)17(18,19)20/h6-7,21-22H,4-5,8H2,1-3H3. The summed E-state index contributed by atoms with van der Waals surface area (Å²) < 4.78 is 44.9. The SMILES string of the molecule is COC(=N)n1nc(N2CCc3ncc(C(F)(F)F)cc3C2)c(C)c(C)c1=N. The van der Waals surface area contributed by atoms with Crippen LogP contribution < -0.4 is 10.4 Å². The Balaban J connectivity index is 2.03. The van der Waals surface area contributed by atoms with Crippen LogP contribution in [0.4, 0.5) is 19.0 Å². The maximum Gasteiger partial charge on any atom is 0.417 e. The molecule has 0 bridgehead atoms. The van der Waals surface area contributed by atoms with Gasteiger partial charge in [-0.05, 0) is 31.0 Å². The van der Waals surface area contributed by atoms with Crippen LogP contribution in [0, 0.1) is 24.7 Å². The van der Waals surface area contributed by atoms with Gasteiger partial charge in [0.1, 0.15) is 0 Å². The van der Waals surface area contributed by atoms with Crippen molar-refractivity contribution in [3.63, 3.8) is 0 Å². The van der Waals surface area contributed by atoms with E-state index < -0.39 is 11.7 Å². The van der Waals surface area contributed by atoms with Crippen molar-refractivity contribution in [2.75, 3.05) is 18.6 Å². The lowest BCUT2D eigenvalue weighted by molar-refractivity contribution is -0.137. The molecule has 144 valence electrons. The highest BCUT2D eigenvalue weighted by atomic mass is 19.4. The second-order valence-electron chi connectivity index (χ2n) is 6.34. The van der Waals surface area contributed by atoms with E-state index in [9.17, 15) is 13.2 Å². The Hall–Kier alpha value is -2.91. The number of aromatic nitrogens is 3. The van der Waals surface area contributed by atoms with Gasteiger partial charge < -0.3 is 9.64 Å². The highest BCUT2D eigenvalue weighted by molar-refractivity contribution is 5.72. The number of alkyl halides is 3. The minimum absolute atomic E-state index is 0.0292. The predicted octanol–water partition coefficient (Wildman–Crippen LogP) is 2.39. The van der Waals surface area contributed by atoms with Crippen molar-refractivity contribution >= 4 is 11.8 Å². The van der Waals surface area contributed by atoms with Gasteiger partial charge in [-0.15, -0.1) is 5.10 Å². The molecule has 2 N–H and O–H groups in total. The van der Waals surface area contributed by atoms with Crippen molar-refractivity contribution < 1.29 is 17.9 Å². The fourth-order valence-electron chi connectivity index (χ4n) is 3.02. The largest absolute Gasteiger partial charge is 0.467 e. The third-order valence-corrected chi connectivity index (χ3v) is 4.71. The van der Waals surface area contributed by atoms with E-state index in [-0.39, 0.29) is 18.1 Å². The van der Waals surface area contributed by atoms with Crippen LogP contribution in [0.25, 0.3) is 0 Å². The third kappa shape index (κ3) is 3.38. The highest BCUT2D eigenvalue weighted by Crippen LogP contribution is 2.32. The molecule has 3 rings (SSSR count). The predicted molar refractivity (Wildman–Crippen MR) is 91.7 cm³/mol.